The predicted molar refractivity (Wildman–Crippen MR) is 156 cm³/mol. The second-order valence-corrected chi connectivity index (χ2v) is 13.3. The van der Waals surface area contributed by atoms with Gasteiger partial charge < -0.3 is 9.53 Å². The Kier molecular flexibility index (Phi) is 9.19. The average Bonchev–Trinajstić information content (AvgIpc) is 2.96. The van der Waals surface area contributed by atoms with E-state index in [1.165, 1.54) is 12.1 Å². The van der Waals surface area contributed by atoms with Crippen molar-refractivity contribution in [2.24, 2.45) is 5.92 Å². The number of hydrogen-bond acceptors (Lipinski definition) is 5. The molecule has 0 aliphatic carbocycles. The van der Waals surface area contributed by atoms with E-state index in [-0.39, 0.29) is 30.2 Å². The number of nitro benzene ring substituents is 1. The van der Waals surface area contributed by atoms with Gasteiger partial charge in [-0.1, -0.05) is 105 Å². The van der Waals surface area contributed by atoms with Gasteiger partial charge >= 0.3 is 0 Å². The first kappa shape index (κ1) is 28.1. The number of nitrogens with zero attached hydrogens (tertiary/aromatic N) is 1. The number of Topliss-reactive ketones (excluding diaryl/α,β-unsaturated/α-hetero) is 1. The minimum atomic E-state index is -3.18. The molecule has 0 spiro atoms. The molecule has 0 saturated carbocycles. The lowest BCUT2D eigenvalue weighted by Crippen LogP contribution is -2.69. The maximum Gasteiger partial charge on any atom is 0.288 e. The maximum atomic E-state index is 13.3. The molecule has 0 amide bonds. The van der Waals surface area contributed by atoms with Crippen molar-refractivity contribution in [3.8, 4) is 0 Å². The number of nitro groups is 1. The highest BCUT2D eigenvalue weighted by molar-refractivity contribution is 7.07. The number of non-ortho nitro benzene ring substituents is 1. The van der Waals surface area contributed by atoms with Gasteiger partial charge in [0.25, 0.3) is 14.0 Å². The van der Waals surface area contributed by atoms with E-state index in [0.29, 0.717) is 5.56 Å². The molecule has 0 aliphatic rings. The lowest BCUT2D eigenvalue weighted by atomic mass is 9.97. The molecule has 4 aromatic rings. The summed E-state index contributed by atoms with van der Waals surface area (Å²) in [5.74, 6) is -0.184. The molecular formula is C32H33NO5Si. The van der Waals surface area contributed by atoms with Gasteiger partial charge in [0.15, 0.2) is 0 Å². The Morgan fingerprint density at radius 1 is 0.769 bits per heavy atom. The number of aliphatic hydroxyl groups excluding tert-OH is 1. The molecule has 2 atom stereocenters. The molecule has 0 fully saturated rings. The molecule has 0 radical (unpaired) electrons. The molecule has 0 heterocycles. The van der Waals surface area contributed by atoms with Crippen molar-refractivity contribution in [1.82, 2.24) is 0 Å². The van der Waals surface area contributed by atoms with Crippen LogP contribution in [0.2, 0.25) is 0 Å². The first-order valence-corrected chi connectivity index (χ1v) is 15.0. The summed E-state index contributed by atoms with van der Waals surface area (Å²) in [6.07, 6.45) is -1.40. The molecule has 4 rings (SSSR count). The highest BCUT2D eigenvalue weighted by Crippen LogP contribution is 2.29. The van der Waals surface area contributed by atoms with Crippen molar-refractivity contribution in [2.45, 2.75) is 38.9 Å². The van der Waals surface area contributed by atoms with Crippen molar-refractivity contribution in [2.75, 3.05) is 0 Å². The summed E-state index contributed by atoms with van der Waals surface area (Å²) < 4.78 is 7.26. The summed E-state index contributed by atoms with van der Waals surface area (Å²) in [5.41, 5.74) is 0.643. The van der Waals surface area contributed by atoms with Crippen LogP contribution >= 0.6 is 0 Å². The minimum Gasteiger partial charge on any atom is -0.397 e. The molecule has 0 unspecified atom stereocenters. The highest BCUT2D eigenvalue weighted by Gasteiger charge is 2.44. The first-order chi connectivity index (χ1) is 18.8. The summed E-state index contributed by atoms with van der Waals surface area (Å²) in [4.78, 5) is 24.2. The number of aliphatic hydroxyl groups is 1. The van der Waals surface area contributed by atoms with E-state index in [4.69, 9.17) is 4.43 Å². The van der Waals surface area contributed by atoms with Crippen LogP contribution in [0.25, 0.3) is 0 Å². The topological polar surface area (TPSA) is 89.7 Å². The van der Waals surface area contributed by atoms with E-state index in [9.17, 15) is 20.0 Å². The summed E-state index contributed by atoms with van der Waals surface area (Å²) in [5, 5.41) is 24.8. The van der Waals surface area contributed by atoms with Gasteiger partial charge in [-0.3, -0.25) is 14.9 Å². The Bertz CT molecular complexity index is 1270. The van der Waals surface area contributed by atoms with E-state index < -0.39 is 25.4 Å². The van der Waals surface area contributed by atoms with Crippen LogP contribution in [-0.2, 0) is 9.22 Å². The third-order valence-electron chi connectivity index (χ3n) is 6.96. The monoisotopic (exact) mass is 539 g/mol. The van der Waals surface area contributed by atoms with Crippen molar-refractivity contribution < 1.29 is 19.3 Å². The number of hydrogen-bond donors (Lipinski definition) is 1. The van der Waals surface area contributed by atoms with E-state index >= 15 is 0 Å². The molecule has 0 aliphatic heterocycles. The van der Waals surface area contributed by atoms with Crippen molar-refractivity contribution in [3.63, 3.8) is 0 Å². The van der Waals surface area contributed by atoms with Gasteiger partial charge in [-0.25, -0.2) is 0 Å². The fourth-order valence-corrected chi connectivity index (χ4v) is 8.77. The van der Waals surface area contributed by atoms with Gasteiger partial charge in [0.05, 0.1) is 17.1 Å². The zero-order valence-electron chi connectivity index (χ0n) is 22.1. The van der Waals surface area contributed by atoms with E-state index in [1.54, 1.807) is 12.1 Å². The molecule has 4 aromatic carbocycles. The Hall–Kier alpha value is -3.91. The van der Waals surface area contributed by atoms with Crippen molar-refractivity contribution in [3.05, 3.63) is 131 Å². The van der Waals surface area contributed by atoms with Crippen LogP contribution < -0.4 is 15.6 Å². The fraction of sp³-hybridized carbons (Fsp3) is 0.219. The van der Waals surface area contributed by atoms with Gasteiger partial charge in [-0.05, 0) is 39.2 Å². The van der Waals surface area contributed by atoms with Crippen LogP contribution in [0.3, 0.4) is 0 Å². The number of carbonyl (C=O) groups is 1. The SMILES string of the molecule is CC(C)[C@@H](O)CC(=O)C[C@H](O[Si](c1ccccc1)(c1ccccc1)c1ccccc1)c1ccc([N+](=O)[O-])cc1. The fourth-order valence-electron chi connectivity index (χ4n) is 4.73. The second kappa shape index (κ2) is 12.8. The van der Waals surface area contributed by atoms with E-state index in [1.807, 2.05) is 68.4 Å². The molecule has 0 aromatic heterocycles. The van der Waals surface area contributed by atoms with Crippen LogP contribution in [0.5, 0.6) is 0 Å². The molecular weight excluding hydrogens is 506 g/mol. The van der Waals surface area contributed by atoms with Crippen LogP contribution in [0, 0.1) is 16.0 Å². The predicted octanol–water partition coefficient (Wildman–Crippen LogP) is 4.69. The first-order valence-electron chi connectivity index (χ1n) is 13.1. The zero-order valence-corrected chi connectivity index (χ0v) is 23.1. The van der Waals surface area contributed by atoms with Crippen LogP contribution in [-0.4, -0.2) is 30.2 Å². The molecule has 7 heteroatoms. The molecule has 200 valence electrons. The summed E-state index contributed by atoms with van der Waals surface area (Å²) in [6.45, 7) is 3.75. The zero-order chi connectivity index (χ0) is 27.8. The Morgan fingerprint density at radius 3 is 1.59 bits per heavy atom. The van der Waals surface area contributed by atoms with E-state index in [2.05, 4.69) is 36.4 Å². The van der Waals surface area contributed by atoms with Crippen LogP contribution in [0.15, 0.2) is 115 Å². The maximum absolute atomic E-state index is 13.3. The standard InChI is InChI=1S/C32H33NO5Si/c1-24(2)31(35)22-27(34)23-32(25-18-20-26(21-19-25)33(36)37)38-39(28-12-6-3-7-13-28,29-14-8-4-9-15-29)30-16-10-5-11-17-30/h3-21,24,31-32,35H,22-23H2,1-2H3/t31-,32-/m0/s1. The highest BCUT2D eigenvalue weighted by atomic mass is 28.4. The number of rotatable bonds is 12. The van der Waals surface area contributed by atoms with Crippen molar-refractivity contribution >= 4 is 35.3 Å². The Morgan fingerprint density at radius 2 is 1.21 bits per heavy atom. The van der Waals surface area contributed by atoms with Gasteiger partial charge in [-0.15, -0.1) is 0 Å². The minimum absolute atomic E-state index is 0.0150. The quantitative estimate of drug-likeness (QED) is 0.122. The Labute approximate surface area is 230 Å². The number of benzene rings is 4. The average molecular weight is 540 g/mol. The summed E-state index contributed by atoms with van der Waals surface area (Å²) in [7, 11) is -3.18. The third kappa shape index (κ3) is 6.57. The summed E-state index contributed by atoms with van der Waals surface area (Å²) in [6, 6.07) is 36.3. The normalized spacial score (nSPS) is 13.1. The number of carbonyl (C=O) groups excluding carboxylic acids is 1. The largest absolute Gasteiger partial charge is 0.397 e. The molecule has 6 nitrogen and oxygen atoms in total. The lowest BCUT2D eigenvalue weighted by molar-refractivity contribution is -0.384. The van der Waals surface area contributed by atoms with Gasteiger partial charge in [0.2, 0.25) is 0 Å². The molecule has 0 saturated heterocycles. The molecule has 1 N–H and O–H groups in total. The smallest absolute Gasteiger partial charge is 0.288 e. The van der Waals surface area contributed by atoms with Crippen molar-refractivity contribution in [1.29, 1.82) is 0 Å². The van der Waals surface area contributed by atoms with Crippen LogP contribution in [0.1, 0.15) is 38.4 Å². The van der Waals surface area contributed by atoms with E-state index in [0.717, 1.165) is 15.6 Å². The Balaban J connectivity index is 1.88. The van der Waals surface area contributed by atoms with Gasteiger partial charge in [0.1, 0.15) is 5.78 Å². The van der Waals surface area contributed by atoms with Gasteiger partial charge in [-0.2, -0.15) is 0 Å². The molecule has 0 bridgehead atoms. The lowest BCUT2D eigenvalue weighted by Gasteiger charge is -2.37. The third-order valence-corrected chi connectivity index (χ3v) is 11.0. The molecule has 39 heavy (non-hydrogen) atoms. The van der Waals surface area contributed by atoms with Gasteiger partial charge in [0, 0.05) is 25.0 Å². The number of ketones is 1. The second-order valence-electron chi connectivity index (χ2n) is 9.99. The van der Waals surface area contributed by atoms with Crippen LogP contribution in [0.4, 0.5) is 5.69 Å². The summed E-state index contributed by atoms with van der Waals surface area (Å²) >= 11 is 0.